The first-order chi connectivity index (χ1) is 22.5. The van der Waals surface area contributed by atoms with E-state index in [1.807, 2.05) is 24.3 Å². The molecular weight excluding hydrogens is 611 g/mol. The van der Waals surface area contributed by atoms with Crippen molar-refractivity contribution in [1.29, 1.82) is 0 Å². The first-order valence-corrected chi connectivity index (χ1v) is 16.3. The number of amides is 1. The average molecular weight is 656 g/mol. The monoisotopic (exact) mass is 655 g/mol. The van der Waals surface area contributed by atoms with E-state index in [9.17, 15) is 18.0 Å². The van der Waals surface area contributed by atoms with Gasteiger partial charge >= 0.3 is 6.18 Å². The molecule has 1 unspecified atom stereocenters. The molecule has 0 spiro atoms. The van der Waals surface area contributed by atoms with Crippen LogP contribution in [-0.4, -0.2) is 87.9 Å². The third-order valence-corrected chi connectivity index (χ3v) is 10.0. The number of amidine groups is 1. The zero-order chi connectivity index (χ0) is 33.3. The Balaban J connectivity index is 1.13. The van der Waals surface area contributed by atoms with Crippen LogP contribution < -0.4 is 25.6 Å². The van der Waals surface area contributed by atoms with Crippen LogP contribution >= 0.6 is 0 Å². The van der Waals surface area contributed by atoms with E-state index in [0.29, 0.717) is 29.3 Å². The van der Waals surface area contributed by atoms with Crippen molar-refractivity contribution in [2.24, 2.45) is 15.9 Å². The number of hydrogen-bond acceptors (Lipinski definition) is 9. The van der Waals surface area contributed by atoms with Crippen molar-refractivity contribution in [2.75, 3.05) is 62.5 Å². The fraction of sp³-hybridized carbons (Fsp3) is 0.559. The third kappa shape index (κ3) is 6.92. The number of halogens is 3. The van der Waals surface area contributed by atoms with Gasteiger partial charge in [-0.1, -0.05) is 12.1 Å². The number of anilines is 3. The maximum atomic E-state index is 14.1. The number of likely N-dealkylation sites (tertiary alicyclic amines) is 1. The summed E-state index contributed by atoms with van der Waals surface area (Å²) in [6.45, 7) is 7.19. The van der Waals surface area contributed by atoms with Crippen LogP contribution in [0.3, 0.4) is 0 Å². The summed E-state index contributed by atoms with van der Waals surface area (Å²) < 4.78 is 53.4. The van der Waals surface area contributed by atoms with E-state index < -0.39 is 24.1 Å². The zero-order valence-electron chi connectivity index (χ0n) is 27.4. The van der Waals surface area contributed by atoms with Crippen LogP contribution in [0.4, 0.5) is 30.2 Å². The molecule has 0 saturated carbocycles. The molecule has 0 radical (unpaired) electrons. The summed E-state index contributed by atoms with van der Waals surface area (Å²) in [4.78, 5) is 25.9. The summed E-state index contributed by atoms with van der Waals surface area (Å²) in [6, 6.07) is 11.8. The lowest BCUT2D eigenvalue weighted by molar-refractivity contribution is -0.153. The molecule has 10 nitrogen and oxygen atoms in total. The molecule has 4 aliphatic heterocycles. The molecule has 1 amide bonds. The number of aliphatic imine (C=N–C) groups is 2. The van der Waals surface area contributed by atoms with Crippen LogP contribution in [0, 0.1) is 5.92 Å². The molecule has 254 valence electrons. The predicted molar refractivity (Wildman–Crippen MR) is 178 cm³/mol. The summed E-state index contributed by atoms with van der Waals surface area (Å²) in [5.74, 6) is -1.64. The minimum Gasteiger partial charge on any atom is -0.494 e. The third-order valence-electron chi connectivity index (χ3n) is 10.0. The van der Waals surface area contributed by atoms with Crippen molar-refractivity contribution in [1.82, 2.24) is 10.2 Å². The number of piperidine rings is 2. The second-order valence-corrected chi connectivity index (χ2v) is 13.2. The van der Waals surface area contributed by atoms with Gasteiger partial charge in [-0.2, -0.15) is 18.2 Å². The molecule has 2 saturated heterocycles. The van der Waals surface area contributed by atoms with Gasteiger partial charge in [0.05, 0.1) is 30.9 Å². The molecule has 47 heavy (non-hydrogen) atoms. The van der Waals surface area contributed by atoms with Crippen LogP contribution in [-0.2, 0) is 21.5 Å². The Morgan fingerprint density at radius 1 is 1.04 bits per heavy atom. The summed E-state index contributed by atoms with van der Waals surface area (Å²) in [7, 11) is 3.36. The number of benzene rings is 2. The second-order valence-electron chi connectivity index (χ2n) is 13.2. The zero-order valence-corrected chi connectivity index (χ0v) is 27.4. The highest BCUT2D eigenvalue weighted by Crippen LogP contribution is 2.40. The Morgan fingerprint density at radius 3 is 2.47 bits per heavy atom. The second kappa shape index (κ2) is 13.3. The fourth-order valence-electron chi connectivity index (χ4n) is 7.21. The fourth-order valence-corrected chi connectivity index (χ4v) is 7.21. The molecule has 1 atom stereocenters. The number of nitrogens with one attached hydrogen (secondary N) is 3. The van der Waals surface area contributed by atoms with Crippen molar-refractivity contribution < 1.29 is 27.4 Å². The molecule has 2 aromatic carbocycles. The predicted octanol–water partition coefficient (Wildman–Crippen LogP) is 5.15. The highest BCUT2D eigenvalue weighted by molar-refractivity contribution is 6.07. The maximum Gasteiger partial charge on any atom is 0.400 e. The van der Waals surface area contributed by atoms with Crippen LogP contribution in [0.15, 0.2) is 46.4 Å². The lowest BCUT2D eigenvalue weighted by Crippen LogP contribution is -2.48. The molecular formula is C34H44F3N7O3. The Kier molecular flexibility index (Phi) is 9.39. The highest BCUT2D eigenvalue weighted by atomic mass is 19.4. The summed E-state index contributed by atoms with van der Waals surface area (Å²) >= 11 is 0. The number of nitrogens with zero attached hydrogens (tertiary/aromatic N) is 4. The van der Waals surface area contributed by atoms with E-state index in [1.165, 1.54) is 0 Å². The topological polar surface area (TPSA) is 103 Å². The van der Waals surface area contributed by atoms with Gasteiger partial charge in [0.2, 0.25) is 11.9 Å². The number of fused-ring (bicyclic) bond motifs is 1. The van der Waals surface area contributed by atoms with Gasteiger partial charge in [0.15, 0.2) is 0 Å². The number of hydrogen-bond donors (Lipinski definition) is 3. The molecule has 2 fully saturated rings. The van der Waals surface area contributed by atoms with Gasteiger partial charge in [-0.25, -0.2) is 4.99 Å². The minimum absolute atomic E-state index is 0.0626. The van der Waals surface area contributed by atoms with Gasteiger partial charge in [0.1, 0.15) is 17.5 Å². The number of carbonyl (C=O) groups is 1. The molecule has 0 aromatic heterocycles. The van der Waals surface area contributed by atoms with Gasteiger partial charge in [-0.15, -0.1) is 0 Å². The average Bonchev–Trinajstić information content (AvgIpc) is 3.31. The Hall–Kier alpha value is -3.84. The Labute approximate surface area is 273 Å². The number of ether oxygens (including phenoxy) is 2. The van der Waals surface area contributed by atoms with Gasteiger partial charge in [-0.3, -0.25) is 4.79 Å². The summed E-state index contributed by atoms with van der Waals surface area (Å²) in [5, 5.41) is 8.88. The standard InChI is InChI=1S/C34H44F3N7O3/c1-33(2)29-21(6-5-7-27(29)40-31(33)45)19-38-30-25(34(35,36)37)20-39-32(42-30)41-26-9-8-23(18-28(26)47-4)44-14-10-22(11-15-44)43-16-12-24(46-3)13-17-43/h5-9,18,22,24-25H,10-17,19-20H2,1-4H3,(H,40,45)(H2,38,39,41,42). The van der Waals surface area contributed by atoms with E-state index in [1.54, 1.807) is 40.2 Å². The van der Waals surface area contributed by atoms with E-state index in [-0.39, 0.29) is 24.2 Å². The minimum atomic E-state index is -4.54. The van der Waals surface area contributed by atoms with Gasteiger partial charge in [0, 0.05) is 63.3 Å². The van der Waals surface area contributed by atoms with Gasteiger partial charge in [-0.05, 0) is 68.9 Å². The smallest absolute Gasteiger partial charge is 0.400 e. The quantitative estimate of drug-likeness (QED) is 0.379. The number of guanidine groups is 1. The number of methoxy groups -OCH3 is 2. The maximum absolute atomic E-state index is 14.1. The SMILES string of the molecule is COc1cc(N2CCC(N3CCC(OC)CC3)CC2)ccc1NC1=NCC(C(F)(F)F)C(NCc2cccc3c2C(C)(C)C(=O)N3)=N1. The van der Waals surface area contributed by atoms with Crippen molar-refractivity contribution in [2.45, 2.75) is 69.8 Å². The van der Waals surface area contributed by atoms with Crippen LogP contribution in [0.5, 0.6) is 5.75 Å². The first-order valence-electron chi connectivity index (χ1n) is 16.3. The first kappa shape index (κ1) is 33.1. The molecule has 0 aliphatic carbocycles. The number of rotatable bonds is 7. The van der Waals surface area contributed by atoms with E-state index in [0.717, 1.165) is 68.7 Å². The van der Waals surface area contributed by atoms with Crippen molar-refractivity contribution in [3.05, 3.63) is 47.5 Å². The Bertz CT molecular complexity index is 1530. The van der Waals surface area contributed by atoms with Gasteiger partial charge < -0.3 is 35.2 Å². The van der Waals surface area contributed by atoms with Gasteiger partial charge in [0.25, 0.3) is 0 Å². The largest absolute Gasteiger partial charge is 0.494 e. The van der Waals surface area contributed by atoms with Crippen molar-refractivity contribution in [3.63, 3.8) is 0 Å². The van der Waals surface area contributed by atoms with Crippen molar-refractivity contribution in [3.8, 4) is 5.75 Å². The molecule has 4 heterocycles. The summed E-state index contributed by atoms with van der Waals surface area (Å²) in [5.41, 5.74) is 2.95. The highest BCUT2D eigenvalue weighted by Gasteiger charge is 2.45. The van der Waals surface area contributed by atoms with E-state index >= 15 is 0 Å². The van der Waals surface area contributed by atoms with Crippen LogP contribution in [0.1, 0.15) is 50.7 Å². The summed E-state index contributed by atoms with van der Waals surface area (Å²) in [6.07, 6.45) is 0.162. The van der Waals surface area contributed by atoms with Crippen molar-refractivity contribution >= 4 is 34.8 Å². The molecule has 13 heteroatoms. The lowest BCUT2D eigenvalue weighted by Gasteiger charge is -2.42. The van der Waals surface area contributed by atoms with Crippen LogP contribution in [0.2, 0.25) is 0 Å². The molecule has 3 N–H and O–H groups in total. The molecule has 6 rings (SSSR count). The number of carbonyl (C=O) groups excluding carboxylic acids is 1. The van der Waals surface area contributed by atoms with E-state index in [4.69, 9.17) is 9.47 Å². The van der Waals surface area contributed by atoms with Crippen LogP contribution in [0.25, 0.3) is 0 Å². The normalized spacial score (nSPS) is 22.3. The Morgan fingerprint density at radius 2 is 1.79 bits per heavy atom. The van der Waals surface area contributed by atoms with E-state index in [2.05, 4.69) is 35.7 Å². The molecule has 2 aromatic rings. The number of alkyl halides is 3. The molecule has 4 aliphatic rings. The molecule has 0 bridgehead atoms. The lowest BCUT2D eigenvalue weighted by atomic mass is 9.83.